The van der Waals surface area contributed by atoms with Crippen molar-refractivity contribution in [1.82, 2.24) is 19.9 Å². The third-order valence-electron chi connectivity index (χ3n) is 2.60. The van der Waals surface area contributed by atoms with Crippen LogP contribution in [0.1, 0.15) is 18.8 Å². The van der Waals surface area contributed by atoms with E-state index in [9.17, 15) is 22.9 Å². The fraction of sp³-hybridized carbons (Fsp3) is 0.200. The average Bonchev–Trinajstić information content (AvgIpc) is 2.92. The van der Waals surface area contributed by atoms with Crippen LogP contribution in [0.4, 0.5) is 10.1 Å². The van der Waals surface area contributed by atoms with E-state index in [1.165, 1.54) is 13.3 Å². The van der Waals surface area contributed by atoms with Crippen molar-refractivity contribution in [2.24, 2.45) is 0 Å². The van der Waals surface area contributed by atoms with Gasteiger partial charge in [-0.15, -0.1) is 0 Å². The first kappa shape index (κ1) is 15.0. The predicted molar refractivity (Wildman–Crippen MR) is 68.2 cm³/mol. The summed E-state index contributed by atoms with van der Waals surface area (Å²) >= 11 is 0. The number of nitro benzene ring substituents is 1. The lowest BCUT2D eigenvalue weighted by Crippen LogP contribution is -2.27. The van der Waals surface area contributed by atoms with Crippen LogP contribution >= 0.6 is 0 Å². The minimum absolute atomic E-state index is 0.273. The van der Waals surface area contributed by atoms with Crippen LogP contribution in [-0.4, -0.2) is 28.5 Å². The first-order chi connectivity index (χ1) is 9.81. The van der Waals surface area contributed by atoms with E-state index in [2.05, 4.69) is 19.9 Å². The molecule has 0 bridgehead atoms. The topological polar surface area (TPSA) is 131 Å². The van der Waals surface area contributed by atoms with Gasteiger partial charge in [0.25, 0.3) is 0 Å². The second-order valence-corrected chi connectivity index (χ2v) is 5.80. The number of halogens is 1. The Hall–Kier alpha value is -2.40. The zero-order valence-corrected chi connectivity index (χ0v) is 11.5. The molecule has 9 nitrogen and oxygen atoms in total. The van der Waals surface area contributed by atoms with Crippen molar-refractivity contribution in [3.8, 4) is 0 Å². The Balaban J connectivity index is 2.32. The number of aromatic nitrogens is 3. The highest BCUT2D eigenvalue weighted by atomic mass is 32.2. The first-order valence-electron chi connectivity index (χ1n) is 5.63. The Labute approximate surface area is 118 Å². The second-order valence-electron chi connectivity index (χ2n) is 4.08. The molecule has 0 saturated heterocycles. The maximum absolute atomic E-state index is 13.2. The quantitative estimate of drug-likeness (QED) is 0.622. The molecule has 0 amide bonds. The van der Waals surface area contributed by atoms with E-state index in [0.29, 0.717) is 6.07 Å². The van der Waals surface area contributed by atoms with Crippen LogP contribution in [0.5, 0.6) is 0 Å². The van der Waals surface area contributed by atoms with Gasteiger partial charge in [-0.1, -0.05) is 0 Å². The number of nitrogens with zero attached hydrogens (tertiary/aromatic N) is 3. The standard InChI is InChI=1S/C10H10FN5O4S/c1-6(10-12-5-13-14-10)15-21(19,20)7-2-3-8(11)9(4-7)16(17)18/h2-6,15H,1H3,(H,12,13,14). The minimum atomic E-state index is -4.07. The van der Waals surface area contributed by atoms with E-state index in [1.807, 2.05) is 0 Å². The van der Waals surface area contributed by atoms with Gasteiger partial charge in [0.2, 0.25) is 15.8 Å². The fourth-order valence-corrected chi connectivity index (χ4v) is 2.81. The van der Waals surface area contributed by atoms with Crippen molar-refractivity contribution in [2.45, 2.75) is 17.9 Å². The molecule has 1 aromatic heterocycles. The molecule has 2 N–H and O–H groups in total. The van der Waals surface area contributed by atoms with Crippen molar-refractivity contribution in [3.05, 3.63) is 46.3 Å². The van der Waals surface area contributed by atoms with Crippen LogP contribution in [0.25, 0.3) is 0 Å². The number of sulfonamides is 1. The molecule has 0 saturated carbocycles. The van der Waals surface area contributed by atoms with Gasteiger partial charge in [-0.25, -0.2) is 18.1 Å². The molecule has 0 aliphatic rings. The largest absolute Gasteiger partial charge is 0.306 e. The number of aromatic amines is 1. The number of benzene rings is 1. The van der Waals surface area contributed by atoms with E-state index in [-0.39, 0.29) is 5.82 Å². The molecule has 1 aromatic carbocycles. The number of H-pyrrole nitrogens is 1. The van der Waals surface area contributed by atoms with Gasteiger partial charge in [0.1, 0.15) is 12.2 Å². The lowest BCUT2D eigenvalue weighted by atomic mass is 10.3. The molecule has 11 heteroatoms. The van der Waals surface area contributed by atoms with Crippen LogP contribution in [0, 0.1) is 15.9 Å². The minimum Gasteiger partial charge on any atom is -0.262 e. The average molecular weight is 315 g/mol. The third kappa shape index (κ3) is 3.20. The third-order valence-corrected chi connectivity index (χ3v) is 4.14. The SMILES string of the molecule is CC(NS(=O)(=O)c1ccc(F)c([N+](=O)[O-])c1)c1ncn[nH]1. The molecule has 2 rings (SSSR count). The normalized spacial score (nSPS) is 13.0. The van der Waals surface area contributed by atoms with Crippen LogP contribution in [0.3, 0.4) is 0 Å². The van der Waals surface area contributed by atoms with Crippen LogP contribution in [0.2, 0.25) is 0 Å². The smallest absolute Gasteiger partial charge is 0.262 e. The molecular weight excluding hydrogens is 305 g/mol. The van der Waals surface area contributed by atoms with Gasteiger partial charge in [-0.3, -0.25) is 15.2 Å². The van der Waals surface area contributed by atoms with Gasteiger partial charge in [0, 0.05) is 6.07 Å². The Kier molecular flexibility index (Phi) is 3.95. The monoisotopic (exact) mass is 315 g/mol. The molecule has 0 spiro atoms. The summed E-state index contributed by atoms with van der Waals surface area (Å²) in [4.78, 5) is 13.0. The Morgan fingerprint density at radius 3 is 2.76 bits per heavy atom. The van der Waals surface area contributed by atoms with Crippen LogP contribution < -0.4 is 4.72 Å². The van der Waals surface area contributed by atoms with Gasteiger partial charge in [-0.2, -0.15) is 9.49 Å². The van der Waals surface area contributed by atoms with Gasteiger partial charge >= 0.3 is 5.69 Å². The molecule has 0 fully saturated rings. The zero-order chi connectivity index (χ0) is 15.6. The number of hydrogen-bond donors (Lipinski definition) is 2. The molecule has 2 aromatic rings. The number of hydrogen-bond acceptors (Lipinski definition) is 6. The van der Waals surface area contributed by atoms with Crippen molar-refractivity contribution in [1.29, 1.82) is 0 Å². The summed E-state index contributed by atoms with van der Waals surface area (Å²) in [5.41, 5.74) is -0.912. The van der Waals surface area contributed by atoms with Crippen molar-refractivity contribution in [3.63, 3.8) is 0 Å². The van der Waals surface area contributed by atoms with Gasteiger partial charge in [0.15, 0.2) is 0 Å². The predicted octanol–water partition coefficient (Wildman–Crippen LogP) is 0.891. The maximum Gasteiger partial charge on any atom is 0.306 e. The summed E-state index contributed by atoms with van der Waals surface area (Å²) in [6, 6.07) is 1.59. The van der Waals surface area contributed by atoms with Crippen LogP contribution in [-0.2, 0) is 10.0 Å². The number of rotatable bonds is 5. The Morgan fingerprint density at radius 1 is 1.48 bits per heavy atom. The van der Waals surface area contributed by atoms with E-state index in [4.69, 9.17) is 0 Å². The molecular formula is C10H10FN5O4S. The summed E-state index contributed by atoms with van der Waals surface area (Å²) in [6.45, 7) is 1.51. The number of nitrogens with one attached hydrogen (secondary N) is 2. The molecule has 1 atom stereocenters. The lowest BCUT2D eigenvalue weighted by Gasteiger charge is -2.11. The summed E-state index contributed by atoms with van der Waals surface area (Å²) in [7, 11) is -4.07. The van der Waals surface area contributed by atoms with Crippen molar-refractivity contribution < 1.29 is 17.7 Å². The van der Waals surface area contributed by atoms with Gasteiger partial charge < -0.3 is 0 Å². The highest BCUT2D eigenvalue weighted by molar-refractivity contribution is 7.89. The molecule has 0 radical (unpaired) electrons. The Bertz CT molecular complexity index is 762. The van der Waals surface area contributed by atoms with Gasteiger partial charge in [0.05, 0.1) is 15.9 Å². The molecule has 0 aliphatic carbocycles. The van der Waals surface area contributed by atoms with E-state index in [1.54, 1.807) is 0 Å². The number of nitro groups is 1. The zero-order valence-electron chi connectivity index (χ0n) is 10.6. The molecule has 21 heavy (non-hydrogen) atoms. The summed E-state index contributed by atoms with van der Waals surface area (Å²) in [5, 5.41) is 16.7. The van der Waals surface area contributed by atoms with Crippen molar-refractivity contribution >= 4 is 15.7 Å². The highest BCUT2D eigenvalue weighted by Crippen LogP contribution is 2.22. The molecule has 1 unspecified atom stereocenters. The molecule has 1 heterocycles. The second kappa shape index (κ2) is 5.54. The van der Waals surface area contributed by atoms with Gasteiger partial charge in [-0.05, 0) is 19.1 Å². The summed E-state index contributed by atoms with van der Waals surface area (Å²) in [6.07, 6.45) is 1.21. The van der Waals surface area contributed by atoms with Crippen LogP contribution in [0.15, 0.2) is 29.4 Å². The molecule has 112 valence electrons. The Morgan fingerprint density at radius 2 is 2.19 bits per heavy atom. The first-order valence-corrected chi connectivity index (χ1v) is 7.11. The fourth-order valence-electron chi connectivity index (χ4n) is 1.58. The highest BCUT2D eigenvalue weighted by Gasteiger charge is 2.24. The van der Waals surface area contributed by atoms with E-state index >= 15 is 0 Å². The van der Waals surface area contributed by atoms with E-state index < -0.39 is 37.4 Å². The lowest BCUT2D eigenvalue weighted by molar-refractivity contribution is -0.387. The summed E-state index contributed by atoms with van der Waals surface area (Å²) < 4.78 is 39.7. The molecule has 0 aliphatic heterocycles. The van der Waals surface area contributed by atoms with E-state index in [0.717, 1.165) is 12.1 Å². The van der Waals surface area contributed by atoms with Crippen molar-refractivity contribution in [2.75, 3.05) is 0 Å². The maximum atomic E-state index is 13.2. The summed E-state index contributed by atoms with van der Waals surface area (Å²) in [5.74, 6) is -0.836.